The van der Waals surface area contributed by atoms with Crippen molar-refractivity contribution in [3.63, 3.8) is 0 Å². The predicted molar refractivity (Wildman–Crippen MR) is 111 cm³/mol. The van der Waals surface area contributed by atoms with Crippen LogP contribution in [0.1, 0.15) is 61.8 Å². The standard InChI is InChI=1S/C23H22F3N3O3/c1-13(16-6-8-17(9-7-16)22(31)32)27-21(30)20-14(2)29(3)28-19(20)12-15-4-10-18(11-5-15)23(24,25)26/h4-11,13H,12H2,1-3H3,(H,27,30)(H,31,32). The van der Waals surface area contributed by atoms with Crippen molar-refractivity contribution >= 4 is 11.9 Å². The minimum atomic E-state index is -4.41. The second kappa shape index (κ2) is 8.86. The molecule has 1 atom stereocenters. The second-order valence-electron chi connectivity index (χ2n) is 7.52. The molecule has 32 heavy (non-hydrogen) atoms. The maximum absolute atomic E-state index is 13.0. The zero-order chi connectivity index (χ0) is 23.6. The molecular weight excluding hydrogens is 423 g/mol. The molecule has 1 heterocycles. The van der Waals surface area contributed by atoms with Gasteiger partial charge in [0.2, 0.25) is 0 Å². The van der Waals surface area contributed by atoms with Gasteiger partial charge in [-0.1, -0.05) is 24.3 Å². The Bertz CT molecular complexity index is 1130. The Hall–Kier alpha value is -3.62. The average molecular weight is 445 g/mol. The number of benzene rings is 2. The Morgan fingerprint density at radius 2 is 1.69 bits per heavy atom. The van der Waals surface area contributed by atoms with Gasteiger partial charge in [-0.15, -0.1) is 0 Å². The highest BCUT2D eigenvalue weighted by atomic mass is 19.4. The van der Waals surface area contributed by atoms with Crippen LogP contribution in [0.15, 0.2) is 48.5 Å². The number of nitrogens with zero attached hydrogens (tertiary/aromatic N) is 2. The van der Waals surface area contributed by atoms with Crippen LogP contribution in [0.3, 0.4) is 0 Å². The molecule has 2 aromatic carbocycles. The maximum atomic E-state index is 13.0. The van der Waals surface area contributed by atoms with Crippen LogP contribution in [-0.4, -0.2) is 26.8 Å². The normalized spacial score (nSPS) is 12.4. The van der Waals surface area contributed by atoms with E-state index in [2.05, 4.69) is 10.4 Å². The third-order valence-corrected chi connectivity index (χ3v) is 5.29. The van der Waals surface area contributed by atoms with Crippen molar-refractivity contribution in [2.45, 2.75) is 32.5 Å². The van der Waals surface area contributed by atoms with Gasteiger partial charge in [0.1, 0.15) is 0 Å². The highest BCUT2D eigenvalue weighted by molar-refractivity contribution is 5.96. The first-order valence-corrected chi connectivity index (χ1v) is 9.80. The van der Waals surface area contributed by atoms with Crippen LogP contribution < -0.4 is 5.32 Å². The summed E-state index contributed by atoms with van der Waals surface area (Å²) in [5, 5.41) is 16.3. The number of rotatable bonds is 6. The molecule has 0 saturated carbocycles. The second-order valence-corrected chi connectivity index (χ2v) is 7.52. The number of aromatic carboxylic acids is 1. The summed E-state index contributed by atoms with van der Waals surface area (Å²) < 4.78 is 40.0. The van der Waals surface area contributed by atoms with Gasteiger partial charge in [0.05, 0.1) is 28.4 Å². The van der Waals surface area contributed by atoms with E-state index in [0.717, 1.165) is 17.7 Å². The first-order valence-electron chi connectivity index (χ1n) is 9.80. The van der Waals surface area contributed by atoms with Crippen LogP contribution in [0.25, 0.3) is 0 Å². The Morgan fingerprint density at radius 3 is 2.22 bits per heavy atom. The minimum Gasteiger partial charge on any atom is -0.478 e. The number of aryl methyl sites for hydroxylation is 1. The fourth-order valence-corrected chi connectivity index (χ4v) is 3.37. The molecule has 0 aliphatic carbocycles. The van der Waals surface area contributed by atoms with Crippen LogP contribution in [-0.2, 0) is 19.6 Å². The molecule has 0 saturated heterocycles. The zero-order valence-electron chi connectivity index (χ0n) is 17.7. The van der Waals surface area contributed by atoms with Crippen LogP contribution in [0.5, 0.6) is 0 Å². The minimum absolute atomic E-state index is 0.147. The molecule has 168 valence electrons. The number of aromatic nitrogens is 2. The summed E-state index contributed by atoms with van der Waals surface area (Å²) in [5.41, 5.74) is 2.18. The van der Waals surface area contributed by atoms with Crippen molar-refractivity contribution in [2.24, 2.45) is 7.05 Å². The summed E-state index contributed by atoms with van der Waals surface area (Å²) in [6.45, 7) is 3.51. The van der Waals surface area contributed by atoms with Crippen LogP contribution in [0.2, 0.25) is 0 Å². The van der Waals surface area contributed by atoms with Gasteiger partial charge in [-0.25, -0.2) is 4.79 Å². The summed E-state index contributed by atoms with van der Waals surface area (Å²) in [5.74, 6) is -1.40. The van der Waals surface area contributed by atoms with Crippen LogP contribution >= 0.6 is 0 Å². The van der Waals surface area contributed by atoms with E-state index in [-0.39, 0.29) is 17.9 Å². The maximum Gasteiger partial charge on any atom is 0.416 e. The lowest BCUT2D eigenvalue weighted by Gasteiger charge is -2.15. The van der Waals surface area contributed by atoms with Gasteiger partial charge in [0, 0.05) is 19.2 Å². The molecule has 0 spiro atoms. The molecule has 0 radical (unpaired) electrons. The van der Waals surface area contributed by atoms with E-state index in [4.69, 9.17) is 5.11 Å². The lowest BCUT2D eigenvalue weighted by Crippen LogP contribution is -2.28. The smallest absolute Gasteiger partial charge is 0.416 e. The van der Waals surface area contributed by atoms with E-state index in [1.165, 1.54) is 24.3 Å². The molecule has 6 nitrogen and oxygen atoms in total. The average Bonchev–Trinajstić information content (AvgIpc) is 3.00. The lowest BCUT2D eigenvalue weighted by molar-refractivity contribution is -0.137. The number of hydrogen-bond acceptors (Lipinski definition) is 3. The molecular formula is C23H22F3N3O3. The quantitative estimate of drug-likeness (QED) is 0.584. The Labute approximate surface area is 182 Å². The number of alkyl halides is 3. The van der Waals surface area contributed by atoms with E-state index < -0.39 is 23.8 Å². The summed E-state index contributed by atoms with van der Waals surface area (Å²) in [6, 6.07) is 10.6. The Morgan fingerprint density at radius 1 is 1.09 bits per heavy atom. The number of halogens is 3. The summed E-state index contributed by atoms with van der Waals surface area (Å²) in [7, 11) is 1.69. The zero-order valence-corrected chi connectivity index (χ0v) is 17.7. The van der Waals surface area contributed by atoms with Gasteiger partial charge >= 0.3 is 12.1 Å². The Kier molecular flexibility index (Phi) is 6.38. The van der Waals surface area contributed by atoms with E-state index in [0.29, 0.717) is 22.5 Å². The molecule has 0 aliphatic heterocycles. The fourth-order valence-electron chi connectivity index (χ4n) is 3.37. The SMILES string of the molecule is Cc1c(C(=O)NC(C)c2ccc(C(=O)O)cc2)c(Cc2ccc(C(F)(F)F)cc2)nn1C. The summed E-state index contributed by atoms with van der Waals surface area (Å²) in [4.78, 5) is 24.0. The van der Waals surface area contributed by atoms with Gasteiger partial charge in [0.25, 0.3) is 5.91 Å². The molecule has 0 fully saturated rings. The summed E-state index contributed by atoms with van der Waals surface area (Å²) >= 11 is 0. The van der Waals surface area contributed by atoms with E-state index >= 15 is 0 Å². The first-order chi connectivity index (χ1) is 15.0. The number of amides is 1. The monoisotopic (exact) mass is 445 g/mol. The first kappa shape index (κ1) is 23.1. The van der Waals surface area contributed by atoms with Crippen molar-refractivity contribution in [2.75, 3.05) is 0 Å². The molecule has 1 unspecified atom stereocenters. The van der Waals surface area contributed by atoms with E-state index in [9.17, 15) is 22.8 Å². The molecule has 1 amide bonds. The number of carbonyl (C=O) groups excluding carboxylic acids is 1. The van der Waals surface area contributed by atoms with Gasteiger partial charge in [-0.2, -0.15) is 18.3 Å². The van der Waals surface area contributed by atoms with Crippen molar-refractivity contribution in [1.82, 2.24) is 15.1 Å². The highest BCUT2D eigenvalue weighted by Gasteiger charge is 2.30. The van der Waals surface area contributed by atoms with Gasteiger partial charge < -0.3 is 10.4 Å². The number of nitrogens with one attached hydrogen (secondary N) is 1. The molecule has 1 aromatic heterocycles. The highest BCUT2D eigenvalue weighted by Crippen LogP contribution is 2.29. The largest absolute Gasteiger partial charge is 0.478 e. The molecule has 9 heteroatoms. The van der Waals surface area contributed by atoms with Crippen LogP contribution in [0.4, 0.5) is 13.2 Å². The van der Waals surface area contributed by atoms with E-state index in [1.54, 1.807) is 37.7 Å². The third-order valence-electron chi connectivity index (χ3n) is 5.29. The summed E-state index contributed by atoms with van der Waals surface area (Å²) in [6.07, 6.45) is -4.21. The van der Waals surface area contributed by atoms with E-state index in [1.807, 2.05) is 0 Å². The lowest BCUT2D eigenvalue weighted by atomic mass is 10.0. The molecule has 3 rings (SSSR count). The Balaban J connectivity index is 1.80. The van der Waals surface area contributed by atoms with Crippen molar-refractivity contribution in [3.05, 3.63) is 87.7 Å². The number of carboxylic acid groups (broad SMARTS) is 1. The number of hydrogen-bond donors (Lipinski definition) is 2. The fraction of sp³-hybridized carbons (Fsp3) is 0.261. The number of carbonyl (C=O) groups is 2. The molecule has 3 aromatic rings. The van der Waals surface area contributed by atoms with Crippen LogP contribution in [0, 0.1) is 6.92 Å². The van der Waals surface area contributed by atoms with Crippen molar-refractivity contribution < 1.29 is 27.9 Å². The third kappa shape index (κ3) is 4.99. The topological polar surface area (TPSA) is 84.2 Å². The predicted octanol–water partition coefficient (Wildman–Crippen LogP) is 4.53. The van der Waals surface area contributed by atoms with Gasteiger partial charge in [0.15, 0.2) is 0 Å². The molecule has 0 aliphatic rings. The number of carboxylic acids is 1. The van der Waals surface area contributed by atoms with Gasteiger partial charge in [-0.05, 0) is 49.2 Å². The molecule has 0 bridgehead atoms. The van der Waals surface area contributed by atoms with Crippen molar-refractivity contribution in [3.8, 4) is 0 Å². The van der Waals surface area contributed by atoms with Gasteiger partial charge in [-0.3, -0.25) is 9.48 Å². The van der Waals surface area contributed by atoms with Crippen molar-refractivity contribution in [1.29, 1.82) is 0 Å². The molecule has 2 N–H and O–H groups in total.